The van der Waals surface area contributed by atoms with Gasteiger partial charge in [-0.2, -0.15) is 0 Å². The summed E-state index contributed by atoms with van der Waals surface area (Å²) in [5, 5.41) is 7.71. The fourth-order valence-electron chi connectivity index (χ4n) is 5.20. The molecule has 24 heavy (non-hydrogen) atoms. The number of para-hydroxylation sites is 1. The zero-order chi connectivity index (χ0) is 16.2. The Morgan fingerprint density at radius 1 is 0.792 bits per heavy atom. The van der Waals surface area contributed by atoms with Crippen molar-refractivity contribution in [1.29, 1.82) is 0 Å². The summed E-state index contributed by atoms with van der Waals surface area (Å²) in [5.74, 6) is 1.90. The van der Waals surface area contributed by atoms with Crippen LogP contribution < -0.4 is 10.6 Å². The molecule has 0 radical (unpaired) electrons. The average Bonchev–Trinajstić information content (AvgIpc) is 2.64. The number of hydrogen-bond acceptors (Lipinski definition) is 2. The van der Waals surface area contributed by atoms with Gasteiger partial charge in [-0.3, -0.25) is 0 Å². The molecular formula is C22H32N2. The average molecular weight is 325 g/mol. The summed E-state index contributed by atoms with van der Waals surface area (Å²) in [6.07, 6.45) is 17.1. The molecule has 130 valence electrons. The van der Waals surface area contributed by atoms with E-state index in [1.807, 2.05) is 0 Å². The molecule has 4 rings (SSSR count). The van der Waals surface area contributed by atoms with E-state index in [0.717, 1.165) is 17.9 Å². The maximum Gasteiger partial charge on any atom is 0.0342 e. The van der Waals surface area contributed by atoms with Crippen molar-refractivity contribution in [2.45, 2.75) is 75.9 Å². The smallest absolute Gasteiger partial charge is 0.0342 e. The summed E-state index contributed by atoms with van der Waals surface area (Å²) >= 11 is 0. The van der Waals surface area contributed by atoms with Crippen molar-refractivity contribution in [3.05, 3.63) is 42.5 Å². The second-order valence-electron chi connectivity index (χ2n) is 8.18. The van der Waals surface area contributed by atoms with E-state index < -0.39 is 0 Å². The summed E-state index contributed by atoms with van der Waals surface area (Å²) in [4.78, 5) is 0. The van der Waals surface area contributed by atoms with Crippen LogP contribution in [0.5, 0.6) is 0 Å². The lowest BCUT2D eigenvalue weighted by Gasteiger charge is -2.43. The highest BCUT2D eigenvalue weighted by atomic mass is 15.0. The molecule has 2 saturated carbocycles. The monoisotopic (exact) mass is 324 g/mol. The molecule has 0 spiro atoms. The van der Waals surface area contributed by atoms with Crippen molar-refractivity contribution < 1.29 is 0 Å². The minimum absolute atomic E-state index is 0.649. The Kier molecular flexibility index (Phi) is 5.22. The Labute approximate surface area is 147 Å². The van der Waals surface area contributed by atoms with E-state index >= 15 is 0 Å². The van der Waals surface area contributed by atoms with Crippen molar-refractivity contribution in [2.24, 2.45) is 11.8 Å². The van der Waals surface area contributed by atoms with Gasteiger partial charge in [-0.15, -0.1) is 0 Å². The number of nitrogens with one attached hydrogen (secondary N) is 2. The fourth-order valence-corrected chi connectivity index (χ4v) is 5.20. The number of benzene rings is 1. The number of allylic oxidation sites excluding steroid dienone is 1. The topological polar surface area (TPSA) is 24.1 Å². The molecule has 4 unspecified atom stereocenters. The molecular weight excluding hydrogens is 292 g/mol. The second kappa shape index (κ2) is 7.74. The lowest BCUT2D eigenvalue weighted by molar-refractivity contribution is 0.133. The van der Waals surface area contributed by atoms with Crippen molar-refractivity contribution in [1.82, 2.24) is 5.32 Å². The first kappa shape index (κ1) is 16.2. The molecule has 1 aromatic rings. The second-order valence-corrected chi connectivity index (χ2v) is 8.18. The molecule has 0 aliphatic heterocycles. The molecule has 2 N–H and O–H groups in total. The highest BCUT2D eigenvalue weighted by molar-refractivity contribution is 5.43. The van der Waals surface area contributed by atoms with E-state index in [1.54, 1.807) is 0 Å². The van der Waals surface area contributed by atoms with Gasteiger partial charge in [0.05, 0.1) is 0 Å². The lowest BCUT2D eigenvalue weighted by atomic mass is 9.68. The molecule has 3 aliphatic carbocycles. The molecule has 0 aromatic heterocycles. The summed E-state index contributed by atoms with van der Waals surface area (Å²) in [6.45, 7) is 0. The van der Waals surface area contributed by atoms with E-state index in [4.69, 9.17) is 0 Å². The SMILES string of the molecule is C1=CC(NC2CCC3C[C@@H](Nc4ccccc4)CCC3C2)CCC1. The van der Waals surface area contributed by atoms with Crippen LogP contribution in [0.3, 0.4) is 0 Å². The molecule has 5 atom stereocenters. The third-order valence-electron chi connectivity index (χ3n) is 6.46. The van der Waals surface area contributed by atoms with Gasteiger partial charge in [-0.1, -0.05) is 30.4 Å². The van der Waals surface area contributed by atoms with Crippen LogP contribution in [0.1, 0.15) is 57.8 Å². The molecule has 0 heterocycles. The maximum atomic E-state index is 3.94. The van der Waals surface area contributed by atoms with E-state index in [1.165, 1.54) is 63.5 Å². The van der Waals surface area contributed by atoms with Gasteiger partial charge < -0.3 is 10.6 Å². The molecule has 1 aromatic carbocycles. The van der Waals surface area contributed by atoms with E-state index in [-0.39, 0.29) is 0 Å². The van der Waals surface area contributed by atoms with E-state index in [0.29, 0.717) is 12.1 Å². The van der Waals surface area contributed by atoms with Crippen LogP contribution in [-0.2, 0) is 0 Å². The number of rotatable bonds is 4. The summed E-state index contributed by atoms with van der Waals surface area (Å²) in [5.41, 5.74) is 1.29. The molecule has 0 saturated heterocycles. The zero-order valence-corrected chi connectivity index (χ0v) is 14.8. The minimum Gasteiger partial charge on any atom is -0.382 e. The quantitative estimate of drug-likeness (QED) is 0.750. The van der Waals surface area contributed by atoms with E-state index in [9.17, 15) is 0 Å². The first-order chi connectivity index (χ1) is 11.9. The van der Waals surface area contributed by atoms with Crippen LogP contribution in [0.4, 0.5) is 5.69 Å². The Hall–Kier alpha value is -1.28. The Bertz CT molecular complexity index is 538. The first-order valence-electron chi connectivity index (χ1n) is 10.1. The van der Waals surface area contributed by atoms with Crippen molar-refractivity contribution in [3.8, 4) is 0 Å². The van der Waals surface area contributed by atoms with Crippen LogP contribution >= 0.6 is 0 Å². The highest BCUT2D eigenvalue weighted by Gasteiger charge is 2.35. The third kappa shape index (κ3) is 4.03. The van der Waals surface area contributed by atoms with Gasteiger partial charge in [0, 0.05) is 23.8 Å². The van der Waals surface area contributed by atoms with Crippen LogP contribution in [0, 0.1) is 11.8 Å². The molecule has 0 amide bonds. The highest BCUT2D eigenvalue weighted by Crippen LogP contribution is 2.41. The standard InChI is InChI=1S/C22H32N2/c1-3-7-19(8-4-1)23-21-13-11-18-16-22(14-12-17(18)15-21)24-20-9-5-2-6-10-20/h1,3-5,7-9,17-18,20-24H,2,6,10-16H2/t17?,18?,20?,21-,22?/m0/s1. The van der Waals surface area contributed by atoms with Crippen molar-refractivity contribution in [2.75, 3.05) is 5.32 Å². The Balaban J connectivity index is 1.27. The minimum atomic E-state index is 0.649. The van der Waals surface area contributed by atoms with E-state index in [2.05, 4.69) is 53.1 Å². The van der Waals surface area contributed by atoms with Gasteiger partial charge >= 0.3 is 0 Å². The number of anilines is 1. The van der Waals surface area contributed by atoms with Gasteiger partial charge in [0.1, 0.15) is 0 Å². The summed E-state index contributed by atoms with van der Waals surface area (Å²) < 4.78 is 0. The van der Waals surface area contributed by atoms with Gasteiger partial charge in [-0.25, -0.2) is 0 Å². The summed E-state index contributed by atoms with van der Waals surface area (Å²) in [6, 6.07) is 12.8. The van der Waals surface area contributed by atoms with Crippen LogP contribution in [-0.4, -0.2) is 18.1 Å². The van der Waals surface area contributed by atoms with Gasteiger partial charge in [0.2, 0.25) is 0 Å². The molecule has 0 bridgehead atoms. The molecule has 3 aliphatic rings. The molecule has 2 heteroatoms. The lowest BCUT2D eigenvalue weighted by Crippen LogP contribution is -2.45. The number of fused-ring (bicyclic) bond motifs is 1. The van der Waals surface area contributed by atoms with Gasteiger partial charge in [0.25, 0.3) is 0 Å². The van der Waals surface area contributed by atoms with Crippen LogP contribution in [0.2, 0.25) is 0 Å². The predicted molar refractivity (Wildman–Crippen MR) is 102 cm³/mol. The predicted octanol–water partition coefficient (Wildman–Crippen LogP) is 5.13. The Morgan fingerprint density at radius 3 is 2.29 bits per heavy atom. The number of hydrogen-bond donors (Lipinski definition) is 2. The van der Waals surface area contributed by atoms with Crippen LogP contribution in [0.15, 0.2) is 42.5 Å². The first-order valence-corrected chi connectivity index (χ1v) is 10.1. The normalized spacial score (nSPS) is 36.1. The summed E-state index contributed by atoms with van der Waals surface area (Å²) in [7, 11) is 0. The van der Waals surface area contributed by atoms with Gasteiger partial charge in [-0.05, 0) is 81.8 Å². The molecule has 2 nitrogen and oxygen atoms in total. The third-order valence-corrected chi connectivity index (χ3v) is 6.46. The van der Waals surface area contributed by atoms with Gasteiger partial charge in [0.15, 0.2) is 0 Å². The zero-order valence-electron chi connectivity index (χ0n) is 14.8. The maximum absolute atomic E-state index is 3.94. The van der Waals surface area contributed by atoms with Crippen molar-refractivity contribution >= 4 is 5.69 Å². The fraction of sp³-hybridized carbons (Fsp3) is 0.636. The van der Waals surface area contributed by atoms with Crippen LogP contribution in [0.25, 0.3) is 0 Å². The largest absolute Gasteiger partial charge is 0.382 e. The van der Waals surface area contributed by atoms with Crippen molar-refractivity contribution in [3.63, 3.8) is 0 Å². The molecule has 2 fully saturated rings. The Morgan fingerprint density at radius 2 is 1.54 bits per heavy atom.